The molecule has 1 nitrogen and oxygen atoms in total. The van der Waals surface area contributed by atoms with Crippen molar-refractivity contribution in [2.24, 2.45) is 0 Å². The summed E-state index contributed by atoms with van der Waals surface area (Å²) in [5.41, 5.74) is 2.89. The van der Waals surface area contributed by atoms with Crippen LogP contribution >= 0.6 is 22.9 Å². The van der Waals surface area contributed by atoms with Crippen molar-refractivity contribution in [3.63, 3.8) is 0 Å². The molecule has 0 saturated carbocycles. The molecule has 1 aromatic rings. The van der Waals surface area contributed by atoms with Gasteiger partial charge in [-0.25, -0.2) is 0 Å². The van der Waals surface area contributed by atoms with Crippen molar-refractivity contribution in [3.8, 4) is 0 Å². The van der Waals surface area contributed by atoms with E-state index in [1.165, 1.54) is 11.1 Å². The van der Waals surface area contributed by atoms with Gasteiger partial charge < -0.3 is 0 Å². The molecule has 13 heavy (non-hydrogen) atoms. The molecule has 0 heterocycles. The van der Waals surface area contributed by atoms with Gasteiger partial charge >= 0.3 is 0 Å². The summed E-state index contributed by atoms with van der Waals surface area (Å²) in [5, 5.41) is 0. The first-order chi connectivity index (χ1) is 6.03. The molecule has 0 saturated heterocycles. The minimum atomic E-state index is 0.176. The maximum Gasteiger partial charge on any atom is 0.0258 e. The van der Waals surface area contributed by atoms with E-state index in [0.29, 0.717) is 0 Å². The van der Waals surface area contributed by atoms with E-state index in [0.717, 1.165) is 6.42 Å². The normalized spacial score (nSPS) is 11.7. The van der Waals surface area contributed by atoms with Crippen molar-refractivity contribution in [1.29, 1.82) is 0 Å². The van der Waals surface area contributed by atoms with Gasteiger partial charge in [0.2, 0.25) is 0 Å². The number of hydrogen-bond acceptors (Lipinski definition) is 1. The molecule has 1 N–H and O–H groups in total. The van der Waals surface area contributed by atoms with Gasteiger partial charge in [0, 0.05) is 28.4 Å². The fourth-order valence-corrected chi connectivity index (χ4v) is 1.44. The molecule has 0 bridgehead atoms. The summed E-state index contributed by atoms with van der Waals surface area (Å²) in [7, 11) is 0. The highest BCUT2D eigenvalue weighted by Gasteiger charge is 2.15. The molecule has 0 spiro atoms. The first-order valence-electron chi connectivity index (χ1n) is 4.47. The van der Waals surface area contributed by atoms with Crippen LogP contribution in [0.3, 0.4) is 0 Å². The van der Waals surface area contributed by atoms with Gasteiger partial charge in [-0.05, 0) is 32.8 Å². The van der Waals surface area contributed by atoms with Gasteiger partial charge in [0.25, 0.3) is 0 Å². The Morgan fingerprint density at radius 3 is 2.23 bits per heavy atom. The zero-order valence-electron chi connectivity index (χ0n) is 8.39. The Balaban J connectivity index is 2.69. The third-order valence-electron chi connectivity index (χ3n) is 2.02. The molecule has 1 rings (SSSR count). The van der Waals surface area contributed by atoms with E-state index in [1.807, 2.05) is 0 Å². The third kappa shape index (κ3) is 3.65. The second kappa shape index (κ2) is 4.42. The van der Waals surface area contributed by atoms with E-state index in [1.54, 1.807) is 0 Å². The maximum atomic E-state index is 3.27. The van der Waals surface area contributed by atoms with Crippen molar-refractivity contribution < 1.29 is 0 Å². The number of aryl methyl sites for hydroxylation is 1. The highest BCUT2D eigenvalue weighted by molar-refractivity contribution is 14.1. The van der Waals surface area contributed by atoms with Crippen LogP contribution < -0.4 is 3.53 Å². The van der Waals surface area contributed by atoms with Crippen molar-refractivity contribution >= 4 is 22.9 Å². The second-order valence-electron chi connectivity index (χ2n) is 4.14. The van der Waals surface area contributed by atoms with Gasteiger partial charge in [0.15, 0.2) is 0 Å². The SMILES string of the molecule is Cc1ccc(CC(C)(C)NI)cc1. The number of rotatable bonds is 3. The van der Waals surface area contributed by atoms with E-state index in [9.17, 15) is 0 Å². The predicted molar refractivity (Wildman–Crippen MR) is 66.1 cm³/mol. The van der Waals surface area contributed by atoms with Crippen LogP contribution in [0.2, 0.25) is 0 Å². The average molecular weight is 289 g/mol. The molecule has 0 aliphatic heterocycles. The van der Waals surface area contributed by atoms with Crippen LogP contribution in [0.25, 0.3) is 0 Å². The van der Waals surface area contributed by atoms with E-state index >= 15 is 0 Å². The minimum absolute atomic E-state index is 0.176. The van der Waals surface area contributed by atoms with Crippen LogP contribution in [0.1, 0.15) is 25.0 Å². The van der Waals surface area contributed by atoms with Gasteiger partial charge in [-0.1, -0.05) is 29.8 Å². The molecule has 0 atom stereocenters. The van der Waals surface area contributed by atoms with Crippen LogP contribution in [0.5, 0.6) is 0 Å². The smallest absolute Gasteiger partial charge is 0.0258 e. The molecule has 0 aliphatic carbocycles. The lowest BCUT2D eigenvalue weighted by Crippen LogP contribution is -2.34. The van der Waals surface area contributed by atoms with Gasteiger partial charge in [0.05, 0.1) is 0 Å². The molecule has 0 unspecified atom stereocenters. The Morgan fingerprint density at radius 2 is 1.77 bits per heavy atom. The molecular weight excluding hydrogens is 273 g/mol. The van der Waals surface area contributed by atoms with E-state index in [2.05, 4.69) is 71.4 Å². The first kappa shape index (κ1) is 11.0. The summed E-state index contributed by atoms with van der Waals surface area (Å²) in [5.74, 6) is 0. The molecule has 0 fully saturated rings. The Hall–Kier alpha value is -0.0900. The van der Waals surface area contributed by atoms with E-state index < -0.39 is 0 Å². The van der Waals surface area contributed by atoms with Crippen molar-refractivity contribution in [3.05, 3.63) is 35.4 Å². The Labute approximate surface area is 94.4 Å². The van der Waals surface area contributed by atoms with E-state index in [4.69, 9.17) is 0 Å². The standard InChI is InChI=1S/C11H16IN/c1-9-4-6-10(7-5-9)8-11(2,3)13-12/h4-7,13H,8H2,1-3H3. The number of hydrogen-bond donors (Lipinski definition) is 1. The quantitative estimate of drug-likeness (QED) is 0.665. The molecule has 0 amide bonds. The zero-order valence-corrected chi connectivity index (χ0v) is 10.6. The summed E-state index contributed by atoms with van der Waals surface area (Å²) < 4.78 is 3.27. The monoisotopic (exact) mass is 289 g/mol. The molecule has 2 heteroatoms. The minimum Gasteiger partial charge on any atom is -0.255 e. The summed E-state index contributed by atoms with van der Waals surface area (Å²) in [4.78, 5) is 0. The van der Waals surface area contributed by atoms with Gasteiger partial charge in [0.1, 0.15) is 0 Å². The lowest BCUT2D eigenvalue weighted by molar-refractivity contribution is 0.492. The molecule has 72 valence electrons. The lowest BCUT2D eigenvalue weighted by Gasteiger charge is -2.22. The fraction of sp³-hybridized carbons (Fsp3) is 0.455. The molecule has 0 radical (unpaired) electrons. The van der Waals surface area contributed by atoms with Crippen LogP contribution in [-0.4, -0.2) is 5.54 Å². The van der Waals surface area contributed by atoms with Crippen molar-refractivity contribution in [2.45, 2.75) is 32.7 Å². The van der Waals surface area contributed by atoms with Crippen LogP contribution in [-0.2, 0) is 6.42 Å². The van der Waals surface area contributed by atoms with E-state index in [-0.39, 0.29) is 5.54 Å². The number of halogens is 1. The predicted octanol–water partition coefficient (Wildman–Crippen LogP) is 3.26. The third-order valence-corrected chi connectivity index (χ3v) is 3.48. The topological polar surface area (TPSA) is 12.0 Å². The number of nitrogens with one attached hydrogen (secondary N) is 1. The maximum absolute atomic E-state index is 3.27. The van der Waals surface area contributed by atoms with Crippen molar-refractivity contribution in [1.82, 2.24) is 3.53 Å². The van der Waals surface area contributed by atoms with Crippen LogP contribution in [0, 0.1) is 6.92 Å². The van der Waals surface area contributed by atoms with Crippen LogP contribution in [0.15, 0.2) is 24.3 Å². The summed E-state index contributed by atoms with van der Waals surface area (Å²) in [6.45, 7) is 6.53. The zero-order chi connectivity index (χ0) is 9.90. The van der Waals surface area contributed by atoms with Gasteiger partial charge in [-0.3, -0.25) is 3.53 Å². The lowest BCUT2D eigenvalue weighted by atomic mass is 9.96. The fourth-order valence-electron chi connectivity index (χ4n) is 1.25. The Kier molecular flexibility index (Phi) is 3.74. The van der Waals surface area contributed by atoms with Crippen LogP contribution in [0.4, 0.5) is 0 Å². The number of benzene rings is 1. The van der Waals surface area contributed by atoms with Crippen molar-refractivity contribution in [2.75, 3.05) is 0 Å². The highest BCUT2D eigenvalue weighted by atomic mass is 127. The summed E-state index contributed by atoms with van der Waals surface area (Å²) >= 11 is 2.21. The average Bonchev–Trinajstić information content (AvgIpc) is 2.09. The Bertz CT molecular complexity index is 264. The molecular formula is C11H16IN. The highest BCUT2D eigenvalue weighted by Crippen LogP contribution is 2.14. The first-order valence-corrected chi connectivity index (χ1v) is 5.55. The summed E-state index contributed by atoms with van der Waals surface area (Å²) in [6, 6.07) is 8.73. The largest absolute Gasteiger partial charge is 0.255 e. The molecule has 1 aromatic carbocycles. The summed E-state index contributed by atoms with van der Waals surface area (Å²) in [6.07, 6.45) is 1.07. The van der Waals surface area contributed by atoms with Gasteiger partial charge in [-0.15, -0.1) is 0 Å². The van der Waals surface area contributed by atoms with Gasteiger partial charge in [-0.2, -0.15) is 0 Å². The second-order valence-corrected chi connectivity index (χ2v) is 4.68. The molecule has 0 aromatic heterocycles. The Morgan fingerprint density at radius 1 is 1.23 bits per heavy atom. The molecule has 0 aliphatic rings.